The van der Waals surface area contributed by atoms with Gasteiger partial charge in [-0.1, -0.05) is 11.6 Å². The van der Waals surface area contributed by atoms with Crippen molar-refractivity contribution in [3.63, 3.8) is 0 Å². The summed E-state index contributed by atoms with van der Waals surface area (Å²) >= 11 is 6.42. The Labute approximate surface area is 187 Å². The molecule has 0 saturated carbocycles. The molecule has 0 unspecified atom stereocenters. The van der Waals surface area contributed by atoms with Crippen molar-refractivity contribution in [3.05, 3.63) is 70.6 Å². The minimum atomic E-state index is -0.918. The largest absolute Gasteiger partial charge is 0.455 e. The lowest BCUT2D eigenvalue weighted by atomic mass is 10.1. The Hall–Kier alpha value is -2.88. The summed E-state index contributed by atoms with van der Waals surface area (Å²) < 4.78 is 58.6. The van der Waals surface area contributed by atoms with Crippen molar-refractivity contribution in [2.24, 2.45) is 0 Å². The van der Waals surface area contributed by atoms with Gasteiger partial charge in [-0.3, -0.25) is 0 Å². The maximum absolute atomic E-state index is 14.5. The second-order valence-electron chi connectivity index (χ2n) is 6.46. The van der Waals surface area contributed by atoms with Gasteiger partial charge in [0.25, 0.3) is 0 Å². The Morgan fingerprint density at radius 2 is 1.66 bits per heavy atom. The average Bonchev–Trinajstić information content (AvgIpc) is 3.11. The summed E-state index contributed by atoms with van der Waals surface area (Å²) in [5.41, 5.74) is -0.226. The molecule has 1 heterocycles. The number of benzene rings is 2. The van der Waals surface area contributed by atoms with Gasteiger partial charge in [-0.15, -0.1) is 0 Å². The van der Waals surface area contributed by atoms with Crippen molar-refractivity contribution in [2.45, 2.75) is 20.1 Å². The number of hydrogen-bond donors (Lipinski definition) is 0. The van der Waals surface area contributed by atoms with Gasteiger partial charge in [-0.05, 0) is 50.2 Å². The van der Waals surface area contributed by atoms with Crippen LogP contribution in [0.25, 0.3) is 16.9 Å². The van der Waals surface area contributed by atoms with Crippen LogP contribution in [0.3, 0.4) is 0 Å². The van der Waals surface area contributed by atoms with Gasteiger partial charge in [0, 0.05) is 24.8 Å². The summed E-state index contributed by atoms with van der Waals surface area (Å²) in [6.45, 7) is 3.96. The van der Waals surface area contributed by atoms with Gasteiger partial charge in [0.05, 0.1) is 5.69 Å². The first-order valence-electron chi connectivity index (χ1n) is 9.75. The molecule has 170 valence electrons. The van der Waals surface area contributed by atoms with Crippen LogP contribution in [-0.4, -0.2) is 41.9 Å². The lowest BCUT2D eigenvalue weighted by Crippen LogP contribution is -2.25. The Bertz CT molecular complexity index is 1080. The third kappa shape index (κ3) is 5.29. The normalized spacial score (nSPS) is 11.2. The molecule has 3 rings (SSSR count). The van der Waals surface area contributed by atoms with Crippen LogP contribution >= 0.6 is 11.6 Å². The number of ether oxygens (including phenoxy) is 3. The zero-order valence-electron chi connectivity index (χ0n) is 17.3. The number of carbonyl (C=O) groups excluding carboxylic acids is 1. The molecule has 1 aromatic heterocycles. The summed E-state index contributed by atoms with van der Waals surface area (Å²) in [7, 11) is 0. The molecule has 0 bridgehead atoms. The van der Waals surface area contributed by atoms with Crippen molar-refractivity contribution in [2.75, 3.05) is 19.8 Å². The number of aromatic nitrogens is 2. The molecule has 0 amide bonds. The first-order chi connectivity index (χ1) is 15.3. The van der Waals surface area contributed by atoms with Gasteiger partial charge in [-0.25, -0.2) is 22.6 Å². The summed E-state index contributed by atoms with van der Waals surface area (Å²) in [6, 6.07) is 7.85. The molecule has 0 N–H and O–H groups in total. The van der Waals surface area contributed by atoms with Crippen LogP contribution in [0.4, 0.5) is 13.2 Å². The summed E-state index contributed by atoms with van der Waals surface area (Å²) in [4.78, 5) is 12.7. The molecule has 0 radical (unpaired) electrons. The average molecular weight is 469 g/mol. The second-order valence-corrected chi connectivity index (χ2v) is 6.84. The quantitative estimate of drug-likeness (QED) is 0.320. The molecule has 0 aliphatic heterocycles. The third-order valence-corrected chi connectivity index (χ3v) is 4.69. The maximum atomic E-state index is 14.5. The highest BCUT2D eigenvalue weighted by Gasteiger charge is 2.27. The smallest absolute Gasteiger partial charge is 0.360 e. The van der Waals surface area contributed by atoms with Crippen molar-refractivity contribution in [1.29, 1.82) is 0 Å². The predicted molar refractivity (Wildman–Crippen MR) is 111 cm³/mol. The Balaban J connectivity index is 2.04. The number of halogens is 4. The highest BCUT2D eigenvalue weighted by Crippen LogP contribution is 2.34. The topological polar surface area (TPSA) is 62.6 Å². The SMILES string of the molecule is CCOC(COC(=O)c1nn(-c2cc(F)ccc2F)c(-c2ccc(F)cc2)c1Cl)OCC. The Morgan fingerprint density at radius 1 is 1.03 bits per heavy atom. The van der Waals surface area contributed by atoms with Crippen molar-refractivity contribution in [1.82, 2.24) is 9.78 Å². The second kappa shape index (κ2) is 10.6. The van der Waals surface area contributed by atoms with Gasteiger partial charge in [0.1, 0.15) is 34.8 Å². The first kappa shape index (κ1) is 23.8. The van der Waals surface area contributed by atoms with E-state index in [0.29, 0.717) is 18.8 Å². The molecule has 32 heavy (non-hydrogen) atoms. The lowest BCUT2D eigenvalue weighted by molar-refractivity contribution is -0.158. The zero-order chi connectivity index (χ0) is 23.3. The minimum Gasteiger partial charge on any atom is -0.455 e. The fraction of sp³-hybridized carbons (Fsp3) is 0.273. The van der Waals surface area contributed by atoms with E-state index in [-0.39, 0.29) is 28.7 Å². The van der Waals surface area contributed by atoms with E-state index in [1.807, 2.05) is 0 Å². The number of nitrogens with zero attached hydrogens (tertiary/aromatic N) is 2. The Kier molecular flexibility index (Phi) is 7.89. The number of rotatable bonds is 9. The zero-order valence-corrected chi connectivity index (χ0v) is 18.0. The minimum absolute atomic E-state index is 0.0642. The molecule has 0 spiro atoms. The summed E-state index contributed by atoms with van der Waals surface area (Å²) in [6.07, 6.45) is -0.785. The molecule has 0 aliphatic rings. The highest BCUT2D eigenvalue weighted by atomic mass is 35.5. The molecular weight excluding hydrogens is 449 g/mol. The summed E-state index contributed by atoms with van der Waals surface area (Å²) in [5.74, 6) is -2.95. The molecule has 2 aromatic carbocycles. The molecule has 10 heteroatoms. The van der Waals surface area contributed by atoms with E-state index in [1.54, 1.807) is 13.8 Å². The van der Waals surface area contributed by atoms with Crippen LogP contribution in [-0.2, 0) is 14.2 Å². The molecule has 6 nitrogen and oxygen atoms in total. The van der Waals surface area contributed by atoms with Gasteiger partial charge < -0.3 is 14.2 Å². The van der Waals surface area contributed by atoms with E-state index in [1.165, 1.54) is 12.1 Å². The van der Waals surface area contributed by atoms with Gasteiger partial charge >= 0.3 is 5.97 Å². The maximum Gasteiger partial charge on any atom is 0.360 e. The fourth-order valence-corrected chi connectivity index (χ4v) is 3.24. The molecule has 3 aromatic rings. The van der Waals surface area contributed by atoms with Crippen molar-refractivity contribution >= 4 is 17.6 Å². The first-order valence-corrected chi connectivity index (χ1v) is 10.1. The standard InChI is InChI=1S/C22H20ClF3N2O4/c1-3-30-18(31-4-2)12-32-22(29)20-19(23)21(13-5-7-14(24)8-6-13)28(27-20)17-11-15(25)9-10-16(17)26/h5-11,18H,3-4,12H2,1-2H3. The van der Waals surface area contributed by atoms with Gasteiger partial charge in [0.2, 0.25) is 0 Å². The number of esters is 1. The molecule has 0 saturated heterocycles. The molecular formula is C22H20ClF3N2O4. The third-order valence-electron chi connectivity index (χ3n) is 4.33. The fourth-order valence-electron chi connectivity index (χ4n) is 2.94. The highest BCUT2D eigenvalue weighted by molar-refractivity contribution is 6.35. The molecule has 0 aliphatic carbocycles. The van der Waals surface area contributed by atoms with E-state index in [9.17, 15) is 18.0 Å². The van der Waals surface area contributed by atoms with E-state index in [0.717, 1.165) is 35.0 Å². The van der Waals surface area contributed by atoms with Crippen molar-refractivity contribution < 1.29 is 32.2 Å². The van der Waals surface area contributed by atoms with Crippen LogP contribution < -0.4 is 0 Å². The monoisotopic (exact) mass is 468 g/mol. The summed E-state index contributed by atoms with van der Waals surface area (Å²) in [5, 5.41) is 3.91. The van der Waals surface area contributed by atoms with E-state index in [4.69, 9.17) is 25.8 Å². The molecule has 0 atom stereocenters. The number of carbonyl (C=O) groups is 1. The van der Waals surface area contributed by atoms with Crippen LogP contribution in [0, 0.1) is 17.5 Å². The predicted octanol–water partition coefficient (Wildman–Crippen LogP) is 5.17. The van der Waals surface area contributed by atoms with Crippen LogP contribution in [0.15, 0.2) is 42.5 Å². The van der Waals surface area contributed by atoms with Gasteiger partial charge in [0.15, 0.2) is 12.0 Å². The van der Waals surface area contributed by atoms with Crippen LogP contribution in [0.1, 0.15) is 24.3 Å². The van der Waals surface area contributed by atoms with Crippen molar-refractivity contribution in [3.8, 4) is 16.9 Å². The number of hydrogen-bond acceptors (Lipinski definition) is 5. The Morgan fingerprint density at radius 3 is 2.28 bits per heavy atom. The molecule has 0 fully saturated rings. The van der Waals surface area contributed by atoms with E-state index in [2.05, 4.69) is 5.10 Å². The van der Waals surface area contributed by atoms with E-state index >= 15 is 0 Å². The van der Waals surface area contributed by atoms with Crippen LogP contribution in [0.5, 0.6) is 0 Å². The lowest BCUT2D eigenvalue weighted by Gasteiger charge is -2.16. The van der Waals surface area contributed by atoms with Gasteiger partial charge in [-0.2, -0.15) is 5.10 Å². The van der Waals surface area contributed by atoms with E-state index < -0.39 is 29.7 Å². The van der Waals surface area contributed by atoms with Crippen LogP contribution in [0.2, 0.25) is 5.02 Å².